The third kappa shape index (κ3) is 2.46. The number of nitrogens with one attached hydrogen (secondary N) is 1. The second kappa shape index (κ2) is 5.72. The Hall–Kier alpha value is -1.26. The van der Waals surface area contributed by atoms with E-state index in [0.29, 0.717) is 16.3 Å². The summed E-state index contributed by atoms with van der Waals surface area (Å²) in [6, 6.07) is 4.57. The van der Waals surface area contributed by atoms with Crippen LogP contribution in [0.15, 0.2) is 18.2 Å². The highest BCUT2D eigenvalue weighted by molar-refractivity contribution is 6.31. The summed E-state index contributed by atoms with van der Waals surface area (Å²) in [5.41, 5.74) is 0.584. The van der Waals surface area contributed by atoms with Crippen LogP contribution in [-0.4, -0.2) is 27.2 Å². The Morgan fingerprint density at radius 1 is 1.44 bits per heavy atom. The maximum Gasteiger partial charge on any atom is 0.327 e. The molecule has 1 aromatic rings. The van der Waals surface area contributed by atoms with E-state index in [1.807, 2.05) is 0 Å². The van der Waals surface area contributed by atoms with Crippen LogP contribution < -0.4 is 10.1 Å². The van der Waals surface area contributed by atoms with Gasteiger partial charge in [-0.2, -0.15) is 0 Å². The van der Waals surface area contributed by atoms with Crippen molar-refractivity contribution in [3.63, 3.8) is 0 Å². The maximum absolute atomic E-state index is 11.6. The summed E-state index contributed by atoms with van der Waals surface area (Å²) in [7, 11) is 4.51. The number of ether oxygens (including phenoxy) is 2. The average Bonchev–Trinajstić information content (AvgIpc) is 2.31. The zero-order valence-electron chi connectivity index (χ0n) is 9.41. The molecule has 0 heterocycles. The van der Waals surface area contributed by atoms with Crippen molar-refractivity contribution in [1.82, 2.24) is 5.32 Å². The molecule has 1 N–H and O–H groups in total. The lowest BCUT2D eigenvalue weighted by Crippen LogP contribution is -2.27. The molecular formula is C11H14ClNO3. The molecule has 1 aromatic carbocycles. The second-order valence-electron chi connectivity index (χ2n) is 3.10. The lowest BCUT2D eigenvalue weighted by molar-refractivity contribution is -0.143. The first-order valence-electron chi connectivity index (χ1n) is 4.73. The number of halogens is 1. The zero-order chi connectivity index (χ0) is 12.1. The molecule has 0 spiro atoms. The topological polar surface area (TPSA) is 47.6 Å². The summed E-state index contributed by atoms with van der Waals surface area (Å²) in [5, 5.41) is 3.31. The number of carbonyl (C=O) groups excluding carboxylic acids is 1. The maximum atomic E-state index is 11.6. The van der Waals surface area contributed by atoms with E-state index in [-0.39, 0.29) is 0 Å². The van der Waals surface area contributed by atoms with Gasteiger partial charge in [-0.25, -0.2) is 4.79 Å². The van der Waals surface area contributed by atoms with Gasteiger partial charge in [-0.1, -0.05) is 17.7 Å². The molecule has 0 fully saturated rings. The molecule has 5 heteroatoms. The van der Waals surface area contributed by atoms with Crippen LogP contribution in [0.25, 0.3) is 0 Å². The van der Waals surface area contributed by atoms with Crippen molar-refractivity contribution >= 4 is 17.6 Å². The summed E-state index contributed by atoms with van der Waals surface area (Å²) in [5.74, 6) is 0.145. The second-order valence-corrected chi connectivity index (χ2v) is 3.51. The van der Waals surface area contributed by atoms with Gasteiger partial charge in [0.25, 0.3) is 0 Å². The Kier molecular flexibility index (Phi) is 4.58. The van der Waals surface area contributed by atoms with Crippen molar-refractivity contribution in [2.75, 3.05) is 21.3 Å². The van der Waals surface area contributed by atoms with Crippen molar-refractivity contribution in [2.24, 2.45) is 0 Å². The van der Waals surface area contributed by atoms with Gasteiger partial charge in [0.05, 0.1) is 14.2 Å². The van der Waals surface area contributed by atoms with E-state index in [2.05, 4.69) is 5.32 Å². The number of likely N-dealkylation sites (N-methyl/N-ethyl adjacent to an activating group) is 1. The predicted molar refractivity (Wildman–Crippen MR) is 61.8 cm³/mol. The first-order valence-corrected chi connectivity index (χ1v) is 5.11. The van der Waals surface area contributed by atoms with Crippen LogP contribution in [-0.2, 0) is 9.53 Å². The molecule has 0 radical (unpaired) electrons. The lowest BCUT2D eigenvalue weighted by Gasteiger charge is -2.18. The Morgan fingerprint density at radius 3 is 2.62 bits per heavy atom. The van der Waals surface area contributed by atoms with E-state index < -0.39 is 12.0 Å². The Bertz CT molecular complexity index is 381. The quantitative estimate of drug-likeness (QED) is 0.819. The molecule has 0 saturated carbocycles. The van der Waals surface area contributed by atoms with Crippen molar-refractivity contribution in [2.45, 2.75) is 6.04 Å². The van der Waals surface area contributed by atoms with Crippen LogP contribution in [0.3, 0.4) is 0 Å². The largest absolute Gasteiger partial charge is 0.496 e. The lowest BCUT2D eigenvalue weighted by atomic mass is 10.1. The van der Waals surface area contributed by atoms with Gasteiger partial charge in [0.1, 0.15) is 11.8 Å². The van der Waals surface area contributed by atoms with Gasteiger partial charge in [0.15, 0.2) is 0 Å². The van der Waals surface area contributed by atoms with Crippen molar-refractivity contribution in [1.29, 1.82) is 0 Å². The molecule has 0 saturated heterocycles. The Morgan fingerprint density at radius 2 is 2.12 bits per heavy atom. The van der Waals surface area contributed by atoms with Crippen LogP contribution in [0, 0.1) is 0 Å². The summed E-state index contributed by atoms with van der Waals surface area (Å²) in [6.07, 6.45) is 0. The van der Waals surface area contributed by atoms with E-state index in [1.54, 1.807) is 25.2 Å². The van der Waals surface area contributed by atoms with E-state index in [4.69, 9.17) is 21.1 Å². The van der Waals surface area contributed by atoms with Crippen molar-refractivity contribution in [3.8, 4) is 5.75 Å². The highest BCUT2D eigenvalue weighted by atomic mass is 35.5. The smallest absolute Gasteiger partial charge is 0.327 e. The highest BCUT2D eigenvalue weighted by Gasteiger charge is 2.25. The predicted octanol–water partition coefficient (Wildman–Crippen LogP) is 1.78. The van der Waals surface area contributed by atoms with Crippen LogP contribution in [0.1, 0.15) is 11.6 Å². The number of hydrogen-bond donors (Lipinski definition) is 1. The third-order valence-electron chi connectivity index (χ3n) is 2.25. The highest BCUT2D eigenvalue weighted by Crippen LogP contribution is 2.32. The van der Waals surface area contributed by atoms with E-state index >= 15 is 0 Å². The van der Waals surface area contributed by atoms with Crippen molar-refractivity contribution in [3.05, 3.63) is 28.8 Å². The fourth-order valence-corrected chi connectivity index (χ4v) is 1.75. The molecule has 88 valence electrons. The summed E-state index contributed by atoms with van der Waals surface area (Å²) < 4.78 is 9.87. The number of esters is 1. The molecule has 0 aliphatic heterocycles. The average molecular weight is 244 g/mol. The van der Waals surface area contributed by atoms with Crippen LogP contribution >= 0.6 is 11.6 Å². The van der Waals surface area contributed by atoms with Crippen LogP contribution in [0.4, 0.5) is 0 Å². The molecule has 1 atom stereocenters. The van der Waals surface area contributed by atoms with Gasteiger partial charge in [-0.05, 0) is 19.2 Å². The fraction of sp³-hybridized carbons (Fsp3) is 0.364. The van der Waals surface area contributed by atoms with Crippen LogP contribution in [0.5, 0.6) is 5.75 Å². The monoisotopic (exact) mass is 243 g/mol. The van der Waals surface area contributed by atoms with E-state index in [9.17, 15) is 4.79 Å². The van der Waals surface area contributed by atoms with Gasteiger partial charge >= 0.3 is 5.97 Å². The molecule has 1 rings (SSSR count). The van der Waals surface area contributed by atoms with Gasteiger partial charge < -0.3 is 14.8 Å². The molecule has 0 aromatic heterocycles. The molecule has 0 bridgehead atoms. The zero-order valence-corrected chi connectivity index (χ0v) is 10.2. The number of hydrogen-bond acceptors (Lipinski definition) is 4. The fourth-order valence-electron chi connectivity index (χ4n) is 1.47. The first-order chi connectivity index (χ1) is 7.65. The summed E-state index contributed by atoms with van der Waals surface area (Å²) in [4.78, 5) is 11.6. The minimum Gasteiger partial charge on any atom is -0.496 e. The number of rotatable bonds is 4. The Labute approximate surface area is 99.5 Å². The molecule has 0 amide bonds. The SMILES string of the molecule is CNC(C(=O)OC)c1c(Cl)cccc1OC. The van der Waals surface area contributed by atoms with Gasteiger partial charge in [0.2, 0.25) is 0 Å². The molecule has 0 aliphatic rings. The normalized spacial score (nSPS) is 12.0. The molecule has 16 heavy (non-hydrogen) atoms. The van der Waals surface area contributed by atoms with Gasteiger partial charge in [-0.3, -0.25) is 0 Å². The molecule has 1 unspecified atom stereocenters. The van der Waals surface area contributed by atoms with Gasteiger partial charge in [-0.15, -0.1) is 0 Å². The summed E-state index contributed by atoms with van der Waals surface area (Å²) >= 11 is 6.05. The van der Waals surface area contributed by atoms with Crippen molar-refractivity contribution < 1.29 is 14.3 Å². The summed E-state index contributed by atoms with van der Waals surface area (Å²) in [6.45, 7) is 0. The molecular weight excluding hydrogens is 230 g/mol. The minimum atomic E-state index is -0.631. The first kappa shape index (κ1) is 12.8. The number of methoxy groups -OCH3 is 2. The van der Waals surface area contributed by atoms with E-state index in [1.165, 1.54) is 14.2 Å². The molecule has 0 aliphatic carbocycles. The third-order valence-corrected chi connectivity index (χ3v) is 2.58. The van der Waals surface area contributed by atoms with Crippen LogP contribution in [0.2, 0.25) is 5.02 Å². The van der Waals surface area contributed by atoms with E-state index in [0.717, 1.165) is 0 Å². The number of benzene rings is 1. The minimum absolute atomic E-state index is 0.408. The standard InChI is InChI=1S/C11H14ClNO3/c1-13-10(11(14)16-3)9-7(12)5-4-6-8(9)15-2/h4-6,10,13H,1-3H3. The Balaban J connectivity index is 3.22. The molecule has 4 nitrogen and oxygen atoms in total. The van der Waals surface area contributed by atoms with Gasteiger partial charge in [0, 0.05) is 10.6 Å². The number of carbonyl (C=O) groups is 1.